The van der Waals surface area contributed by atoms with E-state index < -0.39 is 71.0 Å². The number of carbonyl (C=O) groups is 2. The normalized spacial score (nSPS) is 22.5. The SMILES string of the molecule is C[C@@](OC(=O)C(F)(F)F)(C(=O)Nc1ccc(F)c([C@@]2(C)OC(N)=NCC2(F)F)c1)C(F)(F)F. The number of carbonyl (C=O) groups excluding carboxylic acids is 2. The van der Waals surface area contributed by atoms with Crippen LogP contribution in [0.3, 0.4) is 0 Å². The lowest BCUT2D eigenvalue weighted by Gasteiger charge is -2.39. The van der Waals surface area contributed by atoms with Crippen molar-refractivity contribution < 1.29 is 58.6 Å². The molecule has 1 aliphatic rings. The Labute approximate surface area is 178 Å². The van der Waals surface area contributed by atoms with Gasteiger partial charge in [-0.05, 0) is 32.0 Å². The summed E-state index contributed by atoms with van der Waals surface area (Å²) < 4.78 is 129. The van der Waals surface area contributed by atoms with Gasteiger partial charge in [0.25, 0.3) is 17.5 Å². The first kappa shape index (κ1) is 26.1. The fourth-order valence-electron chi connectivity index (χ4n) is 2.59. The summed E-state index contributed by atoms with van der Waals surface area (Å²) in [5, 5.41) is 1.48. The van der Waals surface area contributed by atoms with E-state index >= 15 is 0 Å². The Kier molecular flexibility index (Phi) is 6.30. The molecule has 0 unspecified atom stereocenters. The van der Waals surface area contributed by atoms with E-state index in [2.05, 4.69) is 9.73 Å². The van der Waals surface area contributed by atoms with Gasteiger partial charge in [0.05, 0.1) is 0 Å². The minimum Gasteiger partial charge on any atom is -0.448 e. The van der Waals surface area contributed by atoms with Crippen molar-refractivity contribution in [1.82, 2.24) is 0 Å². The van der Waals surface area contributed by atoms with Crippen molar-refractivity contribution in [2.24, 2.45) is 10.7 Å². The Morgan fingerprint density at radius 3 is 2.27 bits per heavy atom. The summed E-state index contributed by atoms with van der Waals surface area (Å²) in [4.78, 5) is 26.3. The molecule has 2 atom stereocenters. The van der Waals surface area contributed by atoms with Crippen LogP contribution in [0.25, 0.3) is 0 Å². The molecule has 0 fully saturated rings. The maximum Gasteiger partial charge on any atom is 0.490 e. The zero-order valence-electron chi connectivity index (χ0n) is 16.5. The number of amides is 1. The Morgan fingerprint density at radius 2 is 1.76 bits per heavy atom. The second kappa shape index (κ2) is 7.98. The van der Waals surface area contributed by atoms with Gasteiger partial charge in [0, 0.05) is 11.3 Å². The van der Waals surface area contributed by atoms with E-state index in [1.54, 1.807) is 0 Å². The van der Waals surface area contributed by atoms with Gasteiger partial charge in [-0.2, -0.15) is 35.1 Å². The molecule has 33 heavy (non-hydrogen) atoms. The predicted molar refractivity (Wildman–Crippen MR) is 91.5 cm³/mol. The maximum absolute atomic E-state index is 14.4. The highest BCUT2D eigenvalue weighted by Crippen LogP contribution is 2.45. The van der Waals surface area contributed by atoms with Crippen LogP contribution in [-0.2, 0) is 24.7 Å². The number of aliphatic imine (C=N–C) groups is 1. The van der Waals surface area contributed by atoms with Crippen LogP contribution in [0.4, 0.5) is 45.2 Å². The molecule has 7 nitrogen and oxygen atoms in total. The summed E-state index contributed by atoms with van der Waals surface area (Å²) in [5.74, 6) is -10.9. The number of nitrogens with zero attached hydrogens (tertiary/aromatic N) is 1. The minimum atomic E-state index is -5.87. The lowest BCUT2D eigenvalue weighted by atomic mass is 9.87. The summed E-state index contributed by atoms with van der Waals surface area (Å²) >= 11 is 0. The molecule has 1 aromatic carbocycles. The second-order valence-electron chi connectivity index (χ2n) is 7.06. The van der Waals surface area contributed by atoms with E-state index in [0.717, 1.165) is 0 Å². The van der Waals surface area contributed by atoms with Crippen molar-refractivity contribution in [3.63, 3.8) is 0 Å². The van der Waals surface area contributed by atoms with E-state index in [4.69, 9.17) is 10.5 Å². The minimum absolute atomic E-state index is 0.159. The summed E-state index contributed by atoms with van der Waals surface area (Å²) in [7, 11) is 0. The van der Waals surface area contributed by atoms with Crippen LogP contribution in [0.5, 0.6) is 0 Å². The molecule has 0 aliphatic carbocycles. The lowest BCUT2D eigenvalue weighted by molar-refractivity contribution is -0.269. The first-order chi connectivity index (χ1) is 14.7. The Hall–Kier alpha value is -3.20. The molecule has 0 saturated heterocycles. The van der Waals surface area contributed by atoms with Gasteiger partial charge in [-0.3, -0.25) is 4.79 Å². The van der Waals surface area contributed by atoms with Crippen LogP contribution in [0, 0.1) is 5.82 Å². The topological polar surface area (TPSA) is 103 Å². The van der Waals surface area contributed by atoms with Gasteiger partial charge >= 0.3 is 24.2 Å². The highest BCUT2D eigenvalue weighted by atomic mass is 19.4. The largest absolute Gasteiger partial charge is 0.490 e. The van der Waals surface area contributed by atoms with Gasteiger partial charge < -0.3 is 20.5 Å². The zero-order valence-corrected chi connectivity index (χ0v) is 16.5. The Balaban J connectivity index is 2.46. The summed E-state index contributed by atoms with van der Waals surface area (Å²) in [6, 6.07) is 0.814. The molecule has 1 heterocycles. The molecule has 16 heteroatoms. The number of halogens is 9. The molecule has 0 saturated carbocycles. The smallest absolute Gasteiger partial charge is 0.448 e. The summed E-state index contributed by atoms with van der Waals surface area (Å²) in [6.45, 7) is -0.693. The molecule has 1 amide bonds. The van der Waals surface area contributed by atoms with Crippen LogP contribution in [0.15, 0.2) is 23.2 Å². The van der Waals surface area contributed by atoms with Gasteiger partial charge in [-0.15, -0.1) is 0 Å². The van der Waals surface area contributed by atoms with Crippen molar-refractivity contribution in [3.05, 3.63) is 29.6 Å². The molecule has 0 aromatic heterocycles. The monoisotopic (exact) mass is 495 g/mol. The number of anilines is 1. The molecule has 0 radical (unpaired) electrons. The van der Waals surface area contributed by atoms with Crippen molar-refractivity contribution in [1.29, 1.82) is 0 Å². The Bertz CT molecular complexity index is 993. The standard InChI is InChI=1S/C17H14F9N3O4/c1-13(15(19,20)6-28-12(27)33-13)8-5-7(3-4-9(8)18)29-10(30)14(2,17(24,25)26)32-11(31)16(21,22)23/h3-5H,6H2,1-2H3,(H2,27,28)(H,29,30)/t13-,14-/m1/s1. The number of nitrogens with one attached hydrogen (secondary N) is 1. The van der Waals surface area contributed by atoms with Gasteiger partial charge in [0.15, 0.2) is 0 Å². The number of esters is 1. The fraction of sp³-hybridized carbons (Fsp3) is 0.471. The first-order valence-electron chi connectivity index (χ1n) is 8.60. The van der Waals surface area contributed by atoms with Crippen LogP contribution in [0.2, 0.25) is 0 Å². The van der Waals surface area contributed by atoms with Crippen LogP contribution < -0.4 is 11.1 Å². The van der Waals surface area contributed by atoms with E-state index in [9.17, 15) is 49.1 Å². The predicted octanol–water partition coefficient (Wildman–Crippen LogP) is 3.39. The molecular formula is C17H14F9N3O4. The van der Waals surface area contributed by atoms with Gasteiger partial charge in [-0.25, -0.2) is 14.2 Å². The zero-order chi connectivity index (χ0) is 25.6. The Morgan fingerprint density at radius 1 is 1.18 bits per heavy atom. The number of rotatable bonds is 4. The number of hydrogen-bond acceptors (Lipinski definition) is 6. The van der Waals surface area contributed by atoms with Crippen LogP contribution in [-0.4, -0.2) is 48.3 Å². The molecular weight excluding hydrogens is 481 g/mol. The van der Waals surface area contributed by atoms with Crippen molar-refractivity contribution >= 4 is 23.6 Å². The number of amidine groups is 1. The third-order valence-electron chi connectivity index (χ3n) is 4.68. The number of nitrogens with two attached hydrogens (primary N) is 1. The first-order valence-corrected chi connectivity index (χ1v) is 8.60. The van der Waals surface area contributed by atoms with Crippen molar-refractivity contribution in [2.75, 3.05) is 11.9 Å². The van der Waals surface area contributed by atoms with E-state index in [1.807, 2.05) is 0 Å². The molecule has 184 valence electrons. The highest BCUT2D eigenvalue weighted by Gasteiger charge is 2.63. The lowest BCUT2D eigenvalue weighted by Crippen LogP contribution is -2.56. The third-order valence-corrected chi connectivity index (χ3v) is 4.68. The van der Waals surface area contributed by atoms with Gasteiger partial charge in [0.2, 0.25) is 5.60 Å². The number of alkyl halides is 8. The quantitative estimate of drug-likeness (QED) is 0.493. The summed E-state index contributed by atoms with van der Waals surface area (Å²) in [6.07, 6.45) is -11.7. The molecule has 1 aliphatic heterocycles. The van der Waals surface area contributed by atoms with Gasteiger partial charge in [0.1, 0.15) is 12.4 Å². The van der Waals surface area contributed by atoms with Crippen molar-refractivity contribution in [2.45, 2.75) is 43.3 Å². The molecule has 0 spiro atoms. The van der Waals surface area contributed by atoms with Gasteiger partial charge in [-0.1, -0.05) is 0 Å². The number of benzene rings is 1. The molecule has 3 N–H and O–H groups in total. The van der Waals surface area contributed by atoms with E-state index in [-0.39, 0.29) is 6.92 Å². The fourth-order valence-corrected chi connectivity index (χ4v) is 2.59. The van der Waals surface area contributed by atoms with Crippen molar-refractivity contribution in [3.8, 4) is 0 Å². The highest BCUT2D eigenvalue weighted by molar-refractivity contribution is 5.99. The number of ether oxygens (including phenoxy) is 2. The van der Waals surface area contributed by atoms with Crippen LogP contribution >= 0.6 is 0 Å². The molecule has 1 aromatic rings. The number of hydrogen-bond donors (Lipinski definition) is 2. The third kappa shape index (κ3) is 4.78. The van der Waals surface area contributed by atoms with Crippen LogP contribution in [0.1, 0.15) is 19.4 Å². The van der Waals surface area contributed by atoms with E-state index in [1.165, 1.54) is 5.32 Å². The maximum atomic E-state index is 14.4. The second-order valence-corrected chi connectivity index (χ2v) is 7.06. The van der Waals surface area contributed by atoms with E-state index in [0.29, 0.717) is 25.1 Å². The molecule has 0 bridgehead atoms. The summed E-state index contributed by atoms with van der Waals surface area (Å²) in [5.41, 5.74) is -3.64. The molecule has 2 rings (SSSR count). The average Bonchev–Trinajstić information content (AvgIpc) is 2.64. The average molecular weight is 495 g/mol.